The summed E-state index contributed by atoms with van der Waals surface area (Å²) >= 11 is 5.80. The molecule has 0 spiro atoms. The SMILES string of the molecule is CC.CC.CC(C)O.CN1C(=O)C(C)(C)C(c2cc(NC(=O)c3ncc(C(F)(F)F)cc3Cl)ccc2F)N=C1N. The highest BCUT2D eigenvalue weighted by Gasteiger charge is 2.45. The number of aliphatic hydroxyl groups excluding tert-OH is 1. The fourth-order valence-corrected chi connectivity index (χ4v) is 3.53. The summed E-state index contributed by atoms with van der Waals surface area (Å²) in [6, 6.07) is 3.19. The number of aliphatic imine (C=N–C) groups is 1. The number of nitrogens with zero attached hydrogens (tertiary/aromatic N) is 3. The Hall–Kier alpha value is -3.25. The number of halogens is 5. The Labute approximate surface area is 237 Å². The third-order valence-corrected chi connectivity index (χ3v) is 5.36. The number of rotatable bonds is 3. The lowest BCUT2D eigenvalue weighted by Gasteiger charge is -2.38. The minimum absolute atomic E-state index is 0.00340. The van der Waals surface area contributed by atoms with Crippen LogP contribution in [0.2, 0.25) is 5.02 Å². The Morgan fingerprint density at radius 1 is 1.18 bits per heavy atom. The van der Waals surface area contributed by atoms with Crippen LogP contribution in [0.1, 0.15) is 83.0 Å². The van der Waals surface area contributed by atoms with E-state index in [4.69, 9.17) is 22.4 Å². The molecule has 2 aromatic rings. The first-order valence-electron chi connectivity index (χ1n) is 12.6. The molecule has 1 unspecified atom stereocenters. The number of aromatic nitrogens is 1. The highest BCUT2D eigenvalue weighted by Crippen LogP contribution is 2.42. The van der Waals surface area contributed by atoms with Gasteiger partial charge in [0.15, 0.2) is 5.96 Å². The molecule has 1 aliphatic heterocycles. The number of benzene rings is 1. The highest BCUT2D eigenvalue weighted by molar-refractivity contribution is 6.34. The molecule has 0 saturated carbocycles. The van der Waals surface area contributed by atoms with E-state index in [2.05, 4.69) is 15.3 Å². The van der Waals surface area contributed by atoms with Gasteiger partial charge in [0, 0.05) is 30.6 Å². The van der Waals surface area contributed by atoms with Crippen LogP contribution in [0.3, 0.4) is 0 Å². The molecule has 0 saturated heterocycles. The first kappa shape index (κ1) is 36.8. The summed E-state index contributed by atoms with van der Waals surface area (Å²) in [6.07, 6.45) is -4.35. The van der Waals surface area contributed by atoms with Gasteiger partial charge in [0.2, 0.25) is 5.91 Å². The average Bonchev–Trinajstić information content (AvgIpc) is 2.88. The second-order valence-corrected chi connectivity index (χ2v) is 9.22. The zero-order valence-electron chi connectivity index (χ0n) is 24.1. The number of guanidine groups is 1. The van der Waals surface area contributed by atoms with E-state index in [0.717, 1.165) is 11.0 Å². The van der Waals surface area contributed by atoms with E-state index in [-0.39, 0.29) is 29.2 Å². The molecule has 0 bridgehead atoms. The van der Waals surface area contributed by atoms with Crippen molar-refractivity contribution in [3.63, 3.8) is 0 Å². The van der Waals surface area contributed by atoms with Crippen LogP contribution < -0.4 is 11.1 Å². The van der Waals surface area contributed by atoms with Crippen molar-refractivity contribution in [3.8, 4) is 0 Å². The predicted octanol–water partition coefficient (Wildman–Crippen LogP) is 6.44. The summed E-state index contributed by atoms with van der Waals surface area (Å²) in [4.78, 5) is 34.0. The molecule has 1 aromatic heterocycles. The standard InChI is InChI=1S/C20H18ClF4N5O2.C3H8O.2C2H6/c1-19(2)15(29-18(26)30(3)17(19)32)11-7-10(4-5-13(11)22)28-16(31)14-12(21)6-9(8-27-14)20(23,24)25;1-3(2)4;2*1-2/h4-8,15H,1-3H3,(H2,26,29)(H,28,31);3-4H,1-2H3;2*1-2H3. The summed E-state index contributed by atoms with van der Waals surface area (Å²) in [5.41, 5.74) is 3.20. The topological polar surface area (TPSA) is 121 Å². The molecular weight excluding hydrogens is 554 g/mol. The maximum absolute atomic E-state index is 14.6. The Kier molecular flexibility index (Phi) is 14.3. The number of alkyl halides is 3. The lowest BCUT2D eigenvalue weighted by atomic mass is 9.78. The van der Waals surface area contributed by atoms with Gasteiger partial charge < -0.3 is 16.2 Å². The Morgan fingerprint density at radius 2 is 1.70 bits per heavy atom. The number of amides is 2. The van der Waals surface area contributed by atoms with Crippen LogP contribution in [0, 0.1) is 11.2 Å². The van der Waals surface area contributed by atoms with Crippen molar-refractivity contribution in [1.82, 2.24) is 9.88 Å². The Bertz CT molecular complexity index is 1180. The fourth-order valence-electron chi connectivity index (χ4n) is 3.27. The summed E-state index contributed by atoms with van der Waals surface area (Å²) < 4.78 is 52.9. The van der Waals surface area contributed by atoms with E-state index in [0.29, 0.717) is 12.3 Å². The van der Waals surface area contributed by atoms with Crippen LogP contribution in [-0.4, -0.2) is 45.9 Å². The maximum Gasteiger partial charge on any atom is 0.417 e. The molecule has 2 amide bonds. The number of hydrogen-bond donors (Lipinski definition) is 3. The minimum Gasteiger partial charge on any atom is -0.394 e. The first-order chi connectivity index (χ1) is 18.5. The molecule has 224 valence electrons. The highest BCUT2D eigenvalue weighted by atomic mass is 35.5. The third-order valence-electron chi connectivity index (χ3n) is 5.08. The van der Waals surface area contributed by atoms with Gasteiger partial charge in [0.1, 0.15) is 11.5 Å². The van der Waals surface area contributed by atoms with Crippen LogP contribution in [0.5, 0.6) is 0 Å². The summed E-state index contributed by atoms with van der Waals surface area (Å²) in [6.45, 7) is 14.6. The number of pyridine rings is 1. The summed E-state index contributed by atoms with van der Waals surface area (Å²) in [5, 5.41) is 9.97. The number of nitrogens with two attached hydrogens (primary N) is 1. The Morgan fingerprint density at radius 3 is 2.17 bits per heavy atom. The number of hydrogen-bond acceptors (Lipinski definition) is 6. The molecule has 1 atom stereocenters. The van der Waals surface area contributed by atoms with E-state index >= 15 is 0 Å². The van der Waals surface area contributed by atoms with Crippen molar-refractivity contribution in [2.75, 3.05) is 12.4 Å². The summed E-state index contributed by atoms with van der Waals surface area (Å²) in [5.74, 6) is -2.04. The van der Waals surface area contributed by atoms with Gasteiger partial charge in [-0.05, 0) is 52.0 Å². The number of anilines is 1. The van der Waals surface area contributed by atoms with Crippen LogP contribution in [0.25, 0.3) is 0 Å². The quantitative estimate of drug-likeness (QED) is 0.355. The molecule has 0 radical (unpaired) electrons. The molecule has 4 N–H and O–H groups in total. The van der Waals surface area contributed by atoms with E-state index in [9.17, 15) is 27.2 Å². The number of carbonyl (C=O) groups excluding carboxylic acids is 2. The van der Waals surface area contributed by atoms with Gasteiger partial charge in [0.05, 0.1) is 22.0 Å². The van der Waals surface area contributed by atoms with Gasteiger partial charge in [-0.3, -0.25) is 14.5 Å². The molecule has 2 heterocycles. The number of nitrogens with one attached hydrogen (secondary N) is 1. The molecule has 3 rings (SSSR count). The second kappa shape index (κ2) is 15.5. The fraction of sp³-hybridized carbons (Fsp3) is 0.481. The lowest BCUT2D eigenvalue weighted by Crippen LogP contribution is -2.51. The van der Waals surface area contributed by atoms with Gasteiger partial charge in [-0.15, -0.1) is 0 Å². The van der Waals surface area contributed by atoms with E-state index in [1.54, 1.807) is 27.7 Å². The van der Waals surface area contributed by atoms with Crippen LogP contribution >= 0.6 is 11.6 Å². The van der Waals surface area contributed by atoms with E-state index in [1.807, 2.05) is 27.7 Å². The average molecular weight is 592 g/mol. The number of aliphatic hydroxyl groups is 1. The van der Waals surface area contributed by atoms with Gasteiger partial charge in [-0.1, -0.05) is 39.3 Å². The van der Waals surface area contributed by atoms with Crippen molar-refractivity contribution in [1.29, 1.82) is 0 Å². The second-order valence-electron chi connectivity index (χ2n) is 8.81. The molecule has 0 aliphatic carbocycles. The van der Waals surface area contributed by atoms with Crippen LogP contribution in [0.4, 0.5) is 23.2 Å². The largest absolute Gasteiger partial charge is 0.417 e. The monoisotopic (exact) mass is 591 g/mol. The Balaban J connectivity index is 0.00000171. The number of carbonyl (C=O) groups is 2. The lowest BCUT2D eigenvalue weighted by molar-refractivity contribution is -0.138. The van der Waals surface area contributed by atoms with Gasteiger partial charge in [0.25, 0.3) is 5.91 Å². The molecule has 8 nitrogen and oxygen atoms in total. The zero-order chi connectivity index (χ0) is 31.6. The predicted molar refractivity (Wildman–Crippen MR) is 150 cm³/mol. The molecule has 1 aromatic carbocycles. The maximum atomic E-state index is 14.6. The van der Waals surface area contributed by atoms with E-state index < -0.39 is 45.6 Å². The van der Waals surface area contributed by atoms with Crippen LogP contribution in [0.15, 0.2) is 35.5 Å². The smallest absolute Gasteiger partial charge is 0.394 e. The van der Waals surface area contributed by atoms with Crippen molar-refractivity contribution < 1.29 is 32.3 Å². The summed E-state index contributed by atoms with van der Waals surface area (Å²) in [7, 11) is 1.45. The van der Waals surface area contributed by atoms with Crippen LogP contribution in [-0.2, 0) is 11.0 Å². The zero-order valence-corrected chi connectivity index (χ0v) is 24.9. The van der Waals surface area contributed by atoms with Crippen molar-refractivity contribution >= 4 is 35.1 Å². The van der Waals surface area contributed by atoms with Crippen molar-refractivity contribution in [2.45, 2.75) is 73.7 Å². The van der Waals surface area contributed by atoms with Crippen molar-refractivity contribution in [2.24, 2.45) is 16.1 Å². The van der Waals surface area contributed by atoms with Crippen molar-refractivity contribution in [3.05, 3.63) is 58.1 Å². The molecule has 13 heteroatoms. The molecule has 1 aliphatic rings. The first-order valence-corrected chi connectivity index (χ1v) is 13.0. The molecule has 40 heavy (non-hydrogen) atoms. The van der Waals surface area contributed by atoms with Gasteiger partial charge in [-0.2, -0.15) is 13.2 Å². The third kappa shape index (κ3) is 9.44. The molecule has 0 fully saturated rings. The molecular formula is C27H38ClF4N5O3. The van der Waals surface area contributed by atoms with E-state index in [1.165, 1.54) is 19.2 Å². The van der Waals surface area contributed by atoms with Gasteiger partial charge in [-0.25, -0.2) is 14.4 Å². The minimum atomic E-state index is -4.67. The van der Waals surface area contributed by atoms with Gasteiger partial charge >= 0.3 is 6.18 Å². The normalized spacial score (nSPS) is 15.9.